The summed E-state index contributed by atoms with van der Waals surface area (Å²) >= 11 is 0. The van der Waals surface area contributed by atoms with Crippen LogP contribution in [0.5, 0.6) is 0 Å². The molecule has 5 nitrogen and oxygen atoms in total. The summed E-state index contributed by atoms with van der Waals surface area (Å²) in [4.78, 5) is 17.3. The van der Waals surface area contributed by atoms with Gasteiger partial charge in [-0.25, -0.2) is 0 Å². The molecule has 2 fully saturated rings. The van der Waals surface area contributed by atoms with Gasteiger partial charge in [0.15, 0.2) is 0 Å². The van der Waals surface area contributed by atoms with Gasteiger partial charge in [-0.05, 0) is 56.1 Å². The molecule has 1 amide bonds. The Balaban J connectivity index is 1.37. The third-order valence-electron chi connectivity index (χ3n) is 5.21. The summed E-state index contributed by atoms with van der Waals surface area (Å²) in [6, 6.07) is 10.4. The molecule has 0 saturated carbocycles. The molecule has 0 N–H and O–H groups in total. The molecule has 0 radical (unpaired) electrons. The molecule has 2 saturated heterocycles. The van der Waals surface area contributed by atoms with Gasteiger partial charge in [-0.2, -0.15) is 5.10 Å². The van der Waals surface area contributed by atoms with Crippen LogP contribution in [-0.2, 0) is 6.54 Å². The van der Waals surface area contributed by atoms with E-state index in [1.54, 1.807) is 6.20 Å². The molecule has 1 atom stereocenters. The van der Waals surface area contributed by atoms with Crippen molar-refractivity contribution in [2.24, 2.45) is 0 Å². The average molecular weight is 324 g/mol. The van der Waals surface area contributed by atoms with Crippen LogP contribution in [-0.4, -0.2) is 57.7 Å². The maximum absolute atomic E-state index is 12.7. The molecular weight excluding hydrogens is 300 g/mol. The van der Waals surface area contributed by atoms with Crippen molar-refractivity contribution in [3.8, 4) is 0 Å². The Hall–Kier alpha value is -2.14. The number of hydrogen-bond donors (Lipinski definition) is 0. The zero-order valence-corrected chi connectivity index (χ0v) is 14.0. The first-order chi connectivity index (χ1) is 11.8. The average Bonchev–Trinajstić information content (AvgIpc) is 3.36. The van der Waals surface area contributed by atoms with Crippen molar-refractivity contribution in [1.82, 2.24) is 19.6 Å². The molecule has 5 heteroatoms. The molecule has 2 aromatic rings. The molecule has 0 aliphatic carbocycles. The third kappa shape index (κ3) is 3.22. The Bertz CT molecular complexity index is 674. The van der Waals surface area contributed by atoms with Crippen LogP contribution in [0.1, 0.15) is 35.2 Å². The number of hydrogen-bond acceptors (Lipinski definition) is 3. The Morgan fingerprint density at radius 2 is 1.92 bits per heavy atom. The Kier molecular flexibility index (Phi) is 4.34. The van der Waals surface area contributed by atoms with Crippen molar-refractivity contribution in [1.29, 1.82) is 0 Å². The number of carbonyl (C=O) groups is 1. The van der Waals surface area contributed by atoms with E-state index >= 15 is 0 Å². The van der Waals surface area contributed by atoms with Gasteiger partial charge in [-0.3, -0.25) is 14.4 Å². The first-order valence-electron chi connectivity index (χ1n) is 8.89. The van der Waals surface area contributed by atoms with Crippen LogP contribution in [0.3, 0.4) is 0 Å². The van der Waals surface area contributed by atoms with Crippen LogP contribution in [0.15, 0.2) is 42.7 Å². The topological polar surface area (TPSA) is 41.4 Å². The van der Waals surface area contributed by atoms with Crippen LogP contribution in [0.2, 0.25) is 0 Å². The zero-order chi connectivity index (χ0) is 16.4. The second-order valence-electron chi connectivity index (χ2n) is 6.84. The fourth-order valence-electron chi connectivity index (χ4n) is 3.85. The van der Waals surface area contributed by atoms with Gasteiger partial charge in [0.2, 0.25) is 0 Å². The van der Waals surface area contributed by atoms with E-state index in [0.717, 1.165) is 37.2 Å². The van der Waals surface area contributed by atoms with Crippen molar-refractivity contribution in [3.05, 3.63) is 53.9 Å². The van der Waals surface area contributed by atoms with E-state index in [1.165, 1.54) is 25.9 Å². The molecule has 2 aliphatic heterocycles. The number of carbonyl (C=O) groups excluding carboxylic acids is 1. The fourth-order valence-corrected chi connectivity index (χ4v) is 3.85. The molecule has 3 heterocycles. The van der Waals surface area contributed by atoms with Gasteiger partial charge < -0.3 is 4.90 Å². The Labute approximate surface area is 142 Å². The number of nitrogens with zero attached hydrogens (tertiary/aromatic N) is 4. The maximum atomic E-state index is 12.7. The van der Waals surface area contributed by atoms with Crippen LogP contribution in [0, 0.1) is 0 Å². The monoisotopic (exact) mass is 324 g/mol. The third-order valence-corrected chi connectivity index (χ3v) is 5.21. The highest BCUT2D eigenvalue weighted by atomic mass is 16.2. The molecule has 2 aliphatic rings. The van der Waals surface area contributed by atoms with Crippen LogP contribution >= 0.6 is 0 Å². The van der Waals surface area contributed by atoms with Crippen molar-refractivity contribution >= 4 is 5.91 Å². The predicted octanol–water partition coefficient (Wildman–Crippen LogP) is 2.24. The van der Waals surface area contributed by atoms with Gasteiger partial charge >= 0.3 is 0 Å². The smallest absolute Gasteiger partial charge is 0.253 e. The Morgan fingerprint density at radius 1 is 1.12 bits per heavy atom. The highest BCUT2D eigenvalue weighted by molar-refractivity contribution is 5.94. The number of amides is 1. The van der Waals surface area contributed by atoms with Gasteiger partial charge in [0, 0.05) is 37.1 Å². The molecule has 1 unspecified atom stereocenters. The summed E-state index contributed by atoms with van der Waals surface area (Å²) < 4.78 is 1.89. The first-order valence-corrected chi connectivity index (χ1v) is 8.89. The number of rotatable bonds is 4. The molecule has 0 bridgehead atoms. The van der Waals surface area contributed by atoms with E-state index < -0.39 is 0 Å². The molecular formula is C19H24N4O. The van der Waals surface area contributed by atoms with E-state index in [-0.39, 0.29) is 5.91 Å². The second-order valence-corrected chi connectivity index (χ2v) is 6.84. The van der Waals surface area contributed by atoms with Gasteiger partial charge in [-0.15, -0.1) is 0 Å². The number of likely N-dealkylation sites (tertiary alicyclic amines) is 2. The van der Waals surface area contributed by atoms with E-state index in [9.17, 15) is 4.79 Å². The molecule has 1 aromatic heterocycles. The quantitative estimate of drug-likeness (QED) is 0.866. The van der Waals surface area contributed by atoms with Crippen molar-refractivity contribution in [3.63, 3.8) is 0 Å². The zero-order valence-electron chi connectivity index (χ0n) is 14.0. The highest BCUT2D eigenvalue weighted by Crippen LogP contribution is 2.22. The molecule has 1 aromatic carbocycles. The summed E-state index contributed by atoms with van der Waals surface area (Å²) in [5.41, 5.74) is 1.95. The standard InChI is InChI=1S/C19H24N4O/c24-19(22-13-8-18(15-22)21-10-1-2-11-21)17-6-4-16(5-7-17)14-23-12-3-9-20-23/h3-7,9,12,18H,1-2,8,10-11,13-15H2. The van der Waals surface area contributed by atoms with Gasteiger partial charge in [-0.1, -0.05) is 12.1 Å². The van der Waals surface area contributed by atoms with E-state index in [4.69, 9.17) is 0 Å². The summed E-state index contributed by atoms with van der Waals surface area (Å²) in [7, 11) is 0. The number of aromatic nitrogens is 2. The van der Waals surface area contributed by atoms with Crippen LogP contribution in [0.25, 0.3) is 0 Å². The highest BCUT2D eigenvalue weighted by Gasteiger charge is 2.31. The first kappa shape index (κ1) is 15.4. The van der Waals surface area contributed by atoms with Gasteiger partial charge in [0.1, 0.15) is 0 Å². The lowest BCUT2D eigenvalue weighted by molar-refractivity contribution is 0.0780. The SMILES string of the molecule is O=C(c1ccc(Cn2cccn2)cc1)N1CCC(N2CCCC2)C1. The van der Waals surface area contributed by atoms with Crippen molar-refractivity contribution < 1.29 is 4.79 Å². The Morgan fingerprint density at radius 3 is 2.62 bits per heavy atom. The van der Waals surface area contributed by atoms with Crippen molar-refractivity contribution in [2.45, 2.75) is 31.8 Å². The van der Waals surface area contributed by atoms with E-state index in [2.05, 4.69) is 10.00 Å². The second kappa shape index (κ2) is 6.77. The lowest BCUT2D eigenvalue weighted by Gasteiger charge is -2.23. The van der Waals surface area contributed by atoms with Crippen molar-refractivity contribution in [2.75, 3.05) is 26.2 Å². The minimum absolute atomic E-state index is 0.169. The maximum Gasteiger partial charge on any atom is 0.253 e. The molecule has 0 spiro atoms. The largest absolute Gasteiger partial charge is 0.337 e. The summed E-state index contributed by atoms with van der Waals surface area (Å²) in [5, 5.41) is 4.21. The summed E-state index contributed by atoms with van der Waals surface area (Å²) in [6.07, 6.45) is 7.46. The van der Waals surface area contributed by atoms with E-state index in [0.29, 0.717) is 6.04 Å². The predicted molar refractivity (Wildman–Crippen MR) is 92.9 cm³/mol. The lowest BCUT2D eigenvalue weighted by Crippen LogP contribution is -2.37. The normalized spacial score (nSPS) is 21.5. The summed E-state index contributed by atoms with van der Waals surface area (Å²) in [5.74, 6) is 0.169. The van der Waals surface area contributed by atoms with E-state index in [1.807, 2.05) is 46.1 Å². The summed E-state index contributed by atoms with van der Waals surface area (Å²) in [6.45, 7) is 4.91. The minimum Gasteiger partial charge on any atom is -0.337 e. The van der Waals surface area contributed by atoms with Gasteiger partial charge in [0.25, 0.3) is 5.91 Å². The fraction of sp³-hybridized carbons (Fsp3) is 0.474. The lowest BCUT2D eigenvalue weighted by atomic mass is 10.1. The molecule has 4 rings (SSSR count). The van der Waals surface area contributed by atoms with Crippen LogP contribution < -0.4 is 0 Å². The van der Waals surface area contributed by atoms with Crippen LogP contribution in [0.4, 0.5) is 0 Å². The molecule has 24 heavy (non-hydrogen) atoms. The number of benzene rings is 1. The minimum atomic E-state index is 0.169. The molecule has 126 valence electrons. The van der Waals surface area contributed by atoms with Gasteiger partial charge in [0.05, 0.1) is 6.54 Å².